The fraction of sp³-hybridized carbons (Fsp3) is 0.529. The first-order valence-corrected chi connectivity index (χ1v) is 10.5. The summed E-state index contributed by atoms with van der Waals surface area (Å²) in [6.07, 6.45) is 6.45. The smallest absolute Gasteiger partial charge is 0.224 e. The molecule has 7 nitrogen and oxygen atoms in total. The zero-order valence-electron chi connectivity index (χ0n) is 14.3. The van der Waals surface area contributed by atoms with E-state index in [0.717, 1.165) is 29.4 Å². The van der Waals surface area contributed by atoms with E-state index in [-0.39, 0.29) is 6.10 Å². The minimum atomic E-state index is -3.12. The van der Waals surface area contributed by atoms with Crippen molar-refractivity contribution in [3.63, 3.8) is 0 Å². The van der Waals surface area contributed by atoms with Gasteiger partial charge < -0.3 is 9.64 Å². The fourth-order valence-electron chi connectivity index (χ4n) is 3.24. The number of ether oxygens (including phenoxy) is 1. The Labute approximate surface area is 147 Å². The van der Waals surface area contributed by atoms with Gasteiger partial charge in [-0.05, 0) is 37.5 Å². The van der Waals surface area contributed by atoms with E-state index in [4.69, 9.17) is 4.74 Å². The lowest BCUT2D eigenvalue weighted by atomic mass is 9.96. The summed E-state index contributed by atoms with van der Waals surface area (Å²) in [7, 11) is -3.12. The molecule has 25 heavy (non-hydrogen) atoms. The Hall–Kier alpha value is -1.93. The first-order valence-electron chi connectivity index (χ1n) is 8.62. The zero-order chi connectivity index (χ0) is 17.4. The van der Waals surface area contributed by atoms with E-state index < -0.39 is 10.0 Å². The number of sulfonamides is 1. The van der Waals surface area contributed by atoms with Gasteiger partial charge in [0.25, 0.3) is 0 Å². The van der Waals surface area contributed by atoms with Crippen LogP contribution >= 0.6 is 0 Å². The summed E-state index contributed by atoms with van der Waals surface area (Å²) >= 11 is 0. The van der Waals surface area contributed by atoms with Gasteiger partial charge in [0.15, 0.2) is 0 Å². The van der Waals surface area contributed by atoms with Gasteiger partial charge in [-0.1, -0.05) is 0 Å². The van der Waals surface area contributed by atoms with Gasteiger partial charge in [-0.15, -0.1) is 0 Å². The van der Waals surface area contributed by atoms with E-state index in [9.17, 15) is 8.42 Å². The number of hydrogen-bond acceptors (Lipinski definition) is 6. The van der Waals surface area contributed by atoms with Gasteiger partial charge in [0.05, 0.1) is 17.2 Å². The highest BCUT2D eigenvalue weighted by Gasteiger charge is 2.24. The number of nitrogens with zero attached hydrogens (tertiary/aromatic N) is 4. The molecule has 2 aromatic rings. The van der Waals surface area contributed by atoms with Gasteiger partial charge in [-0.2, -0.15) is 4.31 Å². The molecule has 8 heteroatoms. The van der Waals surface area contributed by atoms with E-state index in [0.29, 0.717) is 32.1 Å². The lowest BCUT2D eigenvalue weighted by Crippen LogP contribution is -2.48. The van der Waals surface area contributed by atoms with E-state index in [1.54, 1.807) is 6.33 Å². The summed E-state index contributed by atoms with van der Waals surface area (Å²) in [4.78, 5) is 10.8. The molecule has 0 N–H and O–H groups in total. The minimum Gasteiger partial charge on any atom is -0.474 e. The summed E-state index contributed by atoms with van der Waals surface area (Å²) in [5, 5.41) is 0.914. The Kier molecular flexibility index (Phi) is 4.24. The largest absolute Gasteiger partial charge is 0.474 e. The van der Waals surface area contributed by atoms with Crippen molar-refractivity contribution in [1.82, 2.24) is 14.3 Å². The van der Waals surface area contributed by atoms with Crippen LogP contribution < -0.4 is 9.64 Å². The van der Waals surface area contributed by atoms with Crippen molar-refractivity contribution in [2.75, 3.05) is 37.3 Å². The van der Waals surface area contributed by atoms with E-state index in [2.05, 4.69) is 20.9 Å². The van der Waals surface area contributed by atoms with Gasteiger partial charge in [-0.25, -0.2) is 18.4 Å². The Morgan fingerprint density at radius 2 is 1.88 bits per heavy atom. The average Bonchev–Trinajstić information content (AvgIpc) is 2.57. The maximum Gasteiger partial charge on any atom is 0.224 e. The summed E-state index contributed by atoms with van der Waals surface area (Å²) in [5.41, 5.74) is 1.91. The quantitative estimate of drug-likeness (QED) is 0.823. The lowest BCUT2D eigenvalue weighted by Gasteiger charge is -2.34. The first kappa shape index (κ1) is 16.5. The Bertz CT molecular complexity index is 875. The van der Waals surface area contributed by atoms with Crippen LogP contribution in [0.1, 0.15) is 19.3 Å². The number of piperazine rings is 1. The van der Waals surface area contributed by atoms with Crippen LogP contribution in [0, 0.1) is 0 Å². The van der Waals surface area contributed by atoms with E-state index in [1.807, 2.05) is 12.1 Å². The molecule has 1 saturated carbocycles. The van der Waals surface area contributed by atoms with Crippen LogP contribution in [0.15, 0.2) is 24.5 Å². The molecule has 1 aromatic heterocycles. The molecule has 134 valence electrons. The molecule has 0 unspecified atom stereocenters. The van der Waals surface area contributed by atoms with Crippen molar-refractivity contribution >= 4 is 26.6 Å². The second kappa shape index (κ2) is 6.42. The van der Waals surface area contributed by atoms with Gasteiger partial charge in [-0.3, -0.25) is 0 Å². The molecular formula is C17H22N4O3S. The number of anilines is 1. The van der Waals surface area contributed by atoms with Crippen molar-refractivity contribution in [2.24, 2.45) is 0 Å². The molecular weight excluding hydrogens is 340 g/mol. The van der Waals surface area contributed by atoms with Crippen LogP contribution in [-0.2, 0) is 10.0 Å². The van der Waals surface area contributed by atoms with E-state index >= 15 is 0 Å². The summed E-state index contributed by atoms with van der Waals surface area (Å²) in [6.45, 7) is 2.36. The second-order valence-corrected chi connectivity index (χ2v) is 8.68. The van der Waals surface area contributed by atoms with Crippen molar-refractivity contribution in [1.29, 1.82) is 0 Å². The molecule has 4 rings (SSSR count). The summed E-state index contributed by atoms with van der Waals surface area (Å²) in [5.74, 6) is 0.645. The highest BCUT2D eigenvalue weighted by atomic mass is 32.2. The Balaban J connectivity index is 1.57. The third-order valence-corrected chi connectivity index (χ3v) is 6.29. The molecule has 0 bridgehead atoms. The van der Waals surface area contributed by atoms with Gasteiger partial charge in [0, 0.05) is 31.9 Å². The zero-order valence-corrected chi connectivity index (χ0v) is 15.1. The van der Waals surface area contributed by atoms with Crippen molar-refractivity contribution in [3.05, 3.63) is 24.5 Å². The number of fused-ring (bicyclic) bond motifs is 1. The van der Waals surface area contributed by atoms with Crippen LogP contribution in [0.25, 0.3) is 10.9 Å². The molecule has 1 aliphatic carbocycles. The molecule has 1 aliphatic heterocycles. The van der Waals surface area contributed by atoms with Crippen LogP contribution in [0.5, 0.6) is 5.88 Å². The Morgan fingerprint density at radius 3 is 2.52 bits per heavy atom. The highest BCUT2D eigenvalue weighted by Crippen LogP contribution is 2.31. The van der Waals surface area contributed by atoms with Gasteiger partial charge in [0.2, 0.25) is 15.9 Å². The van der Waals surface area contributed by atoms with Gasteiger partial charge in [0.1, 0.15) is 12.4 Å². The predicted octanol–water partition coefficient (Wildman–Crippen LogP) is 1.64. The normalized spacial score (nSPS) is 19.8. The molecule has 1 aromatic carbocycles. The summed E-state index contributed by atoms with van der Waals surface area (Å²) < 4.78 is 30.9. The first-order chi connectivity index (χ1) is 12.0. The van der Waals surface area contributed by atoms with Crippen molar-refractivity contribution < 1.29 is 13.2 Å². The van der Waals surface area contributed by atoms with Crippen LogP contribution in [0.4, 0.5) is 5.69 Å². The summed E-state index contributed by atoms with van der Waals surface area (Å²) in [6, 6.07) is 6.06. The highest BCUT2D eigenvalue weighted by molar-refractivity contribution is 7.88. The van der Waals surface area contributed by atoms with Crippen LogP contribution in [0.3, 0.4) is 0 Å². The third-order valence-electron chi connectivity index (χ3n) is 4.99. The van der Waals surface area contributed by atoms with Crippen LogP contribution in [0.2, 0.25) is 0 Å². The molecule has 2 heterocycles. The molecule has 0 spiro atoms. The monoisotopic (exact) mass is 362 g/mol. The SMILES string of the molecule is CS(=O)(=O)N1CCN(c2ccc3ncnc(OC4CCC4)c3c2)CC1. The number of rotatable bonds is 4. The van der Waals surface area contributed by atoms with Gasteiger partial charge >= 0.3 is 0 Å². The standard InChI is InChI=1S/C17H22N4O3S/c1-25(22,23)21-9-7-20(8-10-21)13-5-6-16-15(11-13)17(19-12-18-16)24-14-3-2-4-14/h5-6,11-12,14H,2-4,7-10H2,1H3. The fourth-order valence-corrected chi connectivity index (χ4v) is 4.06. The molecule has 0 radical (unpaired) electrons. The Morgan fingerprint density at radius 1 is 1.12 bits per heavy atom. The van der Waals surface area contributed by atoms with E-state index in [1.165, 1.54) is 17.0 Å². The van der Waals surface area contributed by atoms with Crippen molar-refractivity contribution in [2.45, 2.75) is 25.4 Å². The maximum atomic E-state index is 11.7. The molecule has 0 amide bonds. The molecule has 0 atom stereocenters. The maximum absolute atomic E-state index is 11.7. The third kappa shape index (κ3) is 3.41. The number of aromatic nitrogens is 2. The molecule has 2 fully saturated rings. The topological polar surface area (TPSA) is 75.6 Å². The second-order valence-electron chi connectivity index (χ2n) is 6.70. The number of hydrogen-bond donors (Lipinski definition) is 0. The minimum absolute atomic E-state index is 0.264. The molecule has 2 aliphatic rings. The lowest BCUT2D eigenvalue weighted by molar-refractivity contribution is 0.116. The molecule has 1 saturated heterocycles. The number of benzene rings is 1. The predicted molar refractivity (Wildman–Crippen MR) is 96.4 cm³/mol. The van der Waals surface area contributed by atoms with Crippen LogP contribution in [-0.4, -0.2) is 61.2 Å². The average molecular weight is 362 g/mol. The van der Waals surface area contributed by atoms with Crippen molar-refractivity contribution in [3.8, 4) is 5.88 Å².